The molecule has 8 bridgehead atoms. The smallest absolute Gasteiger partial charge is 0.122 e. The zero-order chi connectivity index (χ0) is 22.6. The highest BCUT2D eigenvalue weighted by Crippen LogP contribution is 2.33. The number of fused-ring (bicyclic) bond motifs is 5. The first-order valence-electron chi connectivity index (χ1n) is 10.6. The van der Waals surface area contributed by atoms with Crippen molar-refractivity contribution in [3.63, 3.8) is 0 Å². The summed E-state index contributed by atoms with van der Waals surface area (Å²) < 4.78 is 0. The average molecular weight is 424 g/mol. The Balaban J connectivity index is 1.73. The van der Waals surface area contributed by atoms with Gasteiger partial charge in [-0.05, 0) is 99.2 Å². The van der Waals surface area contributed by atoms with Crippen molar-refractivity contribution in [1.82, 2.24) is 5.32 Å². The largest absolute Gasteiger partial charge is 0.405 e. The molecule has 0 saturated heterocycles. The van der Waals surface area contributed by atoms with Gasteiger partial charge in [0.05, 0.1) is 39.9 Å². The van der Waals surface area contributed by atoms with Crippen LogP contribution >= 0.6 is 0 Å². The van der Waals surface area contributed by atoms with Crippen molar-refractivity contribution in [2.24, 2.45) is 20.7 Å². The number of nitrogens with one attached hydrogen (secondary N) is 1. The summed E-state index contributed by atoms with van der Waals surface area (Å²) in [5.41, 5.74) is 15.1. The molecule has 5 aliphatic rings. The molecule has 0 amide bonds. The first-order valence-corrected chi connectivity index (χ1v) is 10.6. The molecule has 1 unspecified atom stereocenters. The molecule has 0 aliphatic carbocycles. The maximum atomic E-state index is 11.1. The van der Waals surface area contributed by atoms with Crippen LogP contribution in [-0.2, 0) is 0 Å². The van der Waals surface area contributed by atoms with Crippen molar-refractivity contribution < 1.29 is 5.11 Å². The molecule has 0 radical (unpaired) electrons. The lowest BCUT2D eigenvalue weighted by Gasteiger charge is -2.16. The predicted molar refractivity (Wildman–Crippen MR) is 130 cm³/mol. The van der Waals surface area contributed by atoms with E-state index in [0.29, 0.717) is 5.70 Å². The van der Waals surface area contributed by atoms with Gasteiger partial charge in [-0.1, -0.05) is 0 Å². The van der Waals surface area contributed by atoms with Crippen LogP contribution in [0, 0.1) is 0 Å². The highest BCUT2D eigenvalue weighted by molar-refractivity contribution is 6.17. The normalized spacial score (nSPS) is 26.5. The summed E-state index contributed by atoms with van der Waals surface area (Å²) in [5.74, 6) is 0. The van der Waals surface area contributed by atoms with Gasteiger partial charge in [0.15, 0.2) is 0 Å². The van der Waals surface area contributed by atoms with E-state index in [9.17, 15) is 5.11 Å². The molecular formula is C26H25N5O. The number of hydrogen-bond donors (Lipinski definition) is 3. The summed E-state index contributed by atoms with van der Waals surface area (Å²) >= 11 is 0. The summed E-state index contributed by atoms with van der Waals surface area (Å²) in [6.45, 7) is 7.85. The number of nitrogens with two attached hydrogens (primary N) is 1. The number of aliphatic hydroxyl groups is 1. The van der Waals surface area contributed by atoms with Crippen LogP contribution in [0.5, 0.6) is 0 Å². The van der Waals surface area contributed by atoms with Gasteiger partial charge < -0.3 is 16.2 Å². The number of nitrogens with zero attached hydrogens (tertiary/aromatic N) is 3. The van der Waals surface area contributed by atoms with Crippen molar-refractivity contribution in [3.05, 3.63) is 106 Å². The number of allylic oxidation sites excluding steroid dienone is 11. The van der Waals surface area contributed by atoms with E-state index in [4.69, 9.17) is 20.7 Å². The van der Waals surface area contributed by atoms with E-state index in [1.165, 1.54) is 6.20 Å². The molecule has 0 saturated carbocycles. The Kier molecular flexibility index (Phi) is 4.50. The monoisotopic (exact) mass is 423 g/mol. The molecule has 0 spiro atoms. The zero-order valence-electron chi connectivity index (χ0n) is 18.6. The van der Waals surface area contributed by atoms with Crippen LogP contribution in [0.2, 0.25) is 0 Å². The molecule has 32 heavy (non-hydrogen) atoms. The van der Waals surface area contributed by atoms with Crippen LogP contribution < -0.4 is 11.1 Å². The van der Waals surface area contributed by atoms with Gasteiger partial charge in [-0.25, -0.2) is 15.0 Å². The van der Waals surface area contributed by atoms with Crippen LogP contribution in [0.1, 0.15) is 27.7 Å². The Labute approximate surface area is 187 Å². The third-order valence-electron chi connectivity index (χ3n) is 6.01. The molecule has 1 atom stereocenters. The molecule has 0 fully saturated rings. The fourth-order valence-corrected chi connectivity index (χ4v) is 4.24. The maximum absolute atomic E-state index is 11.1. The Bertz CT molecular complexity index is 1330. The number of hydrogen-bond acceptors (Lipinski definition) is 6. The fourth-order valence-electron chi connectivity index (χ4n) is 4.24. The zero-order valence-corrected chi connectivity index (χ0v) is 18.6. The van der Waals surface area contributed by atoms with E-state index in [1.807, 2.05) is 57.2 Å². The van der Waals surface area contributed by atoms with Crippen molar-refractivity contribution in [3.8, 4) is 0 Å². The molecule has 4 N–H and O–H groups in total. The SMILES string of the molecule is CC1=CC2=NC1=CC1=CC(C)(O)C(=CC3=NC(=CC4=NC(=C2)C=C4C)C(C)=C3/C=C/N)N1. The van der Waals surface area contributed by atoms with E-state index in [1.54, 1.807) is 13.0 Å². The molecule has 6 nitrogen and oxygen atoms in total. The predicted octanol–water partition coefficient (Wildman–Crippen LogP) is 3.82. The van der Waals surface area contributed by atoms with E-state index >= 15 is 0 Å². The lowest BCUT2D eigenvalue weighted by atomic mass is 9.99. The van der Waals surface area contributed by atoms with Crippen molar-refractivity contribution in [2.45, 2.75) is 33.3 Å². The van der Waals surface area contributed by atoms with Gasteiger partial charge in [0.25, 0.3) is 0 Å². The molecule has 6 heteroatoms. The molecular weight excluding hydrogens is 398 g/mol. The third kappa shape index (κ3) is 3.39. The Morgan fingerprint density at radius 1 is 0.906 bits per heavy atom. The van der Waals surface area contributed by atoms with Gasteiger partial charge in [0.2, 0.25) is 0 Å². The van der Waals surface area contributed by atoms with Gasteiger partial charge in [0, 0.05) is 11.3 Å². The van der Waals surface area contributed by atoms with Crippen LogP contribution in [-0.4, -0.2) is 27.8 Å². The fraction of sp³-hybridized carbons (Fsp3) is 0.192. The number of aliphatic imine (C=N–C) groups is 3. The van der Waals surface area contributed by atoms with Gasteiger partial charge in [0.1, 0.15) is 5.60 Å². The summed E-state index contributed by atoms with van der Waals surface area (Å²) in [6.07, 6.45) is 17.1. The molecule has 0 aromatic heterocycles. The quantitative estimate of drug-likeness (QED) is 0.598. The van der Waals surface area contributed by atoms with E-state index in [-0.39, 0.29) is 0 Å². The summed E-state index contributed by atoms with van der Waals surface area (Å²) in [4.78, 5) is 14.4. The molecule has 0 aromatic rings. The van der Waals surface area contributed by atoms with Crippen LogP contribution in [0.3, 0.4) is 0 Å². The van der Waals surface area contributed by atoms with Crippen LogP contribution in [0.4, 0.5) is 0 Å². The second-order valence-corrected chi connectivity index (χ2v) is 8.64. The molecule has 160 valence electrons. The van der Waals surface area contributed by atoms with E-state index < -0.39 is 5.60 Å². The second kappa shape index (κ2) is 7.14. The minimum Gasteiger partial charge on any atom is -0.405 e. The van der Waals surface area contributed by atoms with Gasteiger partial charge in [-0.2, -0.15) is 0 Å². The molecule has 5 aliphatic heterocycles. The Morgan fingerprint density at radius 2 is 1.72 bits per heavy atom. The third-order valence-corrected chi connectivity index (χ3v) is 6.01. The van der Waals surface area contributed by atoms with Gasteiger partial charge >= 0.3 is 0 Å². The second-order valence-electron chi connectivity index (χ2n) is 8.64. The topological polar surface area (TPSA) is 95.4 Å². The Morgan fingerprint density at radius 3 is 2.50 bits per heavy atom. The summed E-state index contributed by atoms with van der Waals surface area (Å²) in [7, 11) is 0. The summed E-state index contributed by atoms with van der Waals surface area (Å²) in [6, 6.07) is 0. The highest BCUT2D eigenvalue weighted by atomic mass is 16.3. The summed E-state index contributed by atoms with van der Waals surface area (Å²) in [5, 5.41) is 14.4. The van der Waals surface area contributed by atoms with Gasteiger partial charge in [-0.15, -0.1) is 0 Å². The minimum absolute atomic E-state index is 0.646. The van der Waals surface area contributed by atoms with Crippen molar-refractivity contribution in [2.75, 3.05) is 0 Å². The average Bonchev–Trinajstić information content (AvgIpc) is 3.39. The highest BCUT2D eigenvalue weighted by Gasteiger charge is 2.32. The first kappa shape index (κ1) is 20.2. The number of rotatable bonds is 1. The van der Waals surface area contributed by atoms with Crippen LogP contribution in [0.15, 0.2) is 121 Å². The van der Waals surface area contributed by atoms with Crippen molar-refractivity contribution >= 4 is 17.1 Å². The van der Waals surface area contributed by atoms with E-state index in [0.717, 1.165) is 62.2 Å². The molecule has 5 heterocycles. The van der Waals surface area contributed by atoms with Gasteiger partial charge in [-0.3, -0.25) is 0 Å². The van der Waals surface area contributed by atoms with Crippen LogP contribution in [0.25, 0.3) is 0 Å². The molecule has 5 rings (SSSR count). The van der Waals surface area contributed by atoms with Crippen molar-refractivity contribution in [1.29, 1.82) is 0 Å². The lowest BCUT2D eigenvalue weighted by Crippen LogP contribution is -2.26. The van der Waals surface area contributed by atoms with E-state index in [2.05, 4.69) is 11.4 Å². The first-order chi connectivity index (χ1) is 15.2. The Hall–Kier alpha value is -3.77. The maximum Gasteiger partial charge on any atom is 0.122 e. The molecule has 0 aromatic carbocycles. The standard InChI is InChI=1S/C26H25N5O/c1-14-7-17-9-18-8-15(2)22(29-18)11-23-16(3)20(5-6-27)24(31-23)12-25-26(4,32)13-19(30-25)10-21(14)28-17/h5-13,30,32H,27H2,1-4H3/b6-5+,18-9?,21-10?,23-11?,25-12?. The minimum atomic E-state index is -1.16. The lowest BCUT2D eigenvalue weighted by molar-refractivity contribution is 0.152.